The van der Waals surface area contributed by atoms with Crippen molar-refractivity contribution in [3.8, 4) is 5.75 Å². The Hall–Kier alpha value is -2.89. The molecular formula is C23H21ClFNO3. The van der Waals surface area contributed by atoms with Crippen LogP contribution >= 0.6 is 11.6 Å². The van der Waals surface area contributed by atoms with Crippen LogP contribution in [0.15, 0.2) is 60.7 Å². The molecule has 0 aliphatic carbocycles. The molecule has 150 valence electrons. The van der Waals surface area contributed by atoms with E-state index in [2.05, 4.69) is 5.32 Å². The normalized spacial score (nSPS) is 10.6. The third kappa shape index (κ3) is 5.56. The number of anilines is 1. The van der Waals surface area contributed by atoms with Crippen LogP contribution in [0.1, 0.15) is 27.0 Å². The number of aliphatic hydroxyl groups is 1. The molecule has 4 nitrogen and oxygen atoms in total. The van der Waals surface area contributed by atoms with Gasteiger partial charge in [-0.1, -0.05) is 35.9 Å². The first-order valence-electron chi connectivity index (χ1n) is 9.15. The van der Waals surface area contributed by atoms with Crippen LogP contribution in [0.3, 0.4) is 0 Å². The first-order chi connectivity index (χ1) is 14.0. The molecule has 2 N–H and O–H groups in total. The number of nitrogens with one attached hydrogen (secondary N) is 1. The number of halogens is 2. The standard InChI is InChI=1S/C23H21ClFNO3/c1-15-5-7-19(29-14-17-3-2-4-18(24)11-17)13-20(15)23(28)26-22-8-6-16(9-10-27)12-21(22)25/h2-8,11-13,27H,9-10,14H2,1H3,(H,26,28). The highest BCUT2D eigenvalue weighted by Gasteiger charge is 2.13. The third-order valence-corrected chi connectivity index (χ3v) is 4.67. The molecule has 29 heavy (non-hydrogen) atoms. The third-order valence-electron chi connectivity index (χ3n) is 4.43. The summed E-state index contributed by atoms with van der Waals surface area (Å²) < 4.78 is 20.0. The Kier molecular flexibility index (Phi) is 6.86. The van der Waals surface area contributed by atoms with Crippen molar-refractivity contribution in [2.24, 2.45) is 0 Å². The van der Waals surface area contributed by atoms with Crippen molar-refractivity contribution in [1.82, 2.24) is 0 Å². The Bertz CT molecular complexity index is 1020. The van der Waals surface area contributed by atoms with E-state index in [9.17, 15) is 9.18 Å². The topological polar surface area (TPSA) is 58.6 Å². The smallest absolute Gasteiger partial charge is 0.256 e. The van der Waals surface area contributed by atoms with E-state index in [-0.39, 0.29) is 12.3 Å². The Labute approximate surface area is 173 Å². The fraction of sp³-hybridized carbons (Fsp3) is 0.174. The van der Waals surface area contributed by atoms with Crippen molar-refractivity contribution < 1.29 is 19.0 Å². The number of hydrogen-bond donors (Lipinski definition) is 2. The van der Waals surface area contributed by atoms with Crippen molar-refractivity contribution in [2.75, 3.05) is 11.9 Å². The van der Waals surface area contributed by atoms with E-state index in [1.807, 2.05) is 18.2 Å². The lowest BCUT2D eigenvalue weighted by Crippen LogP contribution is -2.15. The Morgan fingerprint density at radius 2 is 1.93 bits per heavy atom. The van der Waals surface area contributed by atoms with Crippen LogP contribution in [0.25, 0.3) is 0 Å². The molecular weight excluding hydrogens is 393 g/mol. The minimum absolute atomic E-state index is 0.0632. The molecule has 0 saturated heterocycles. The fourth-order valence-electron chi connectivity index (χ4n) is 2.86. The first-order valence-corrected chi connectivity index (χ1v) is 9.52. The molecule has 0 fully saturated rings. The fourth-order valence-corrected chi connectivity index (χ4v) is 3.08. The van der Waals surface area contributed by atoms with Gasteiger partial charge in [0, 0.05) is 17.2 Å². The SMILES string of the molecule is Cc1ccc(OCc2cccc(Cl)c2)cc1C(=O)Nc1ccc(CCO)cc1F. The van der Waals surface area contributed by atoms with Crippen LogP contribution in [0.5, 0.6) is 5.75 Å². The molecule has 3 rings (SSSR count). The predicted octanol–water partition coefficient (Wildman–Crippen LogP) is 5.15. The van der Waals surface area contributed by atoms with Crippen LogP contribution in [-0.4, -0.2) is 17.6 Å². The summed E-state index contributed by atoms with van der Waals surface area (Å²) in [6.45, 7) is 2.05. The second-order valence-electron chi connectivity index (χ2n) is 6.64. The van der Waals surface area contributed by atoms with Gasteiger partial charge in [0.05, 0.1) is 5.69 Å². The van der Waals surface area contributed by atoms with Crippen molar-refractivity contribution in [3.05, 3.63) is 93.8 Å². The van der Waals surface area contributed by atoms with E-state index >= 15 is 0 Å². The lowest BCUT2D eigenvalue weighted by molar-refractivity contribution is 0.102. The molecule has 0 aliphatic heterocycles. The van der Waals surface area contributed by atoms with Crippen molar-refractivity contribution >= 4 is 23.2 Å². The highest BCUT2D eigenvalue weighted by Crippen LogP contribution is 2.22. The van der Waals surface area contributed by atoms with Gasteiger partial charge in [-0.3, -0.25) is 4.79 Å². The molecule has 0 saturated carbocycles. The van der Waals surface area contributed by atoms with Crippen LogP contribution < -0.4 is 10.1 Å². The maximum Gasteiger partial charge on any atom is 0.256 e. The summed E-state index contributed by atoms with van der Waals surface area (Å²) in [6, 6.07) is 17.0. The van der Waals surface area contributed by atoms with Gasteiger partial charge in [0.2, 0.25) is 0 Å². The monoisotopic (exact) mass is 413 g/mol. The van der Waals surface area contributed by atoms with E-state index < -0.39 is 11.7 Å². The number of carbonyl (C=O) groups excluding carboxylic acids is 1. The maximum atomic E-state index is 14.2. The second kappa shape index (κ2) is 9.54. The summed E-state index contributed by atoms with van der Waals surface area (Å²) in [6.07, 6.45) is 0.357. The second-order valence-corrected chi connectivity index (χ2v) is 7.07. The molecule has 0 bridgehead atoms. The first kappa shape index (κ1) is 20.8. The number of aryl methyl sites for hydroxylation is 1. The molecule has 0 heterocycles. The molecule has 0 unspecified atom stereocenters. The number of aliphatic hydroxyl groups excluding tert-OH is 1. The van der Waals surface area contributed by atoms with Gasteiger partial charge in [0.15, 0.2) is 0 Å². The molecule has 3 aromatic rings. The zero-order chi connectivity index (χ0) is 20.8. The van der Waals surface area contributed by atoms with E-state index in [1.54, 1.807) is 37.3 Å². The zero-order valence-corrected chi connectivity index (χ0v) is 16.7. The molecule has 0 aliphatic rings. The maximum absolute atomic E-state index is 14.2. The van der Waals surface area contributed by atoms with Gasteiger partial charge in [-0.15, -0.1) is 0 Å². The highest BCUT2D eigenvalue weighted by molar-refractivity contribution is 6.30. The van der Waals surface area contributed by atoms with Crippen LogP contribution in [-0.2, 0) is 13.0 Å². The van der Waals surface area contributed by atoms with E-state index in [0.717, 1.165) is 11.1 Å². The van der Waals surface area contributed by atoms with Crippen molar-refractivity contribution in [1.29, 1.82) is 0 Å². The van der Waals surface area contributed by atoms with E-state index in [0.29, 0.717) is 34.9 Å². The van der Waals surface area contributed by atoms with Gasteiger partial charge < -0.3 is 15.2 Å². The molecule has 0 radical (unpaired) electrons. The molecule has 0 spiro atoms. The highest BCUT2D eigenvalue weighted by atomic mass is 35.5. The van der Waals surface area contributed by atoms with Crippen molar-refractivity contribution in [2.45, 2.75) is 20.0 Å². The Morgan fingerprint density at radius 1 is 1.10 bits per heavy atom. The Balaban J connectivity index is 1.72. The lowest BCUT2D eigenvalue weighted by atomic mass is 10.1. The summed E-state index contributed by atoms with van der Waals surface area (Å²) in [5.41, 5.74) is 2.80. The van der Waals surface area contributed by atoms with Crippen molar-refractivity contribution in [3.63, 3.8) is 0 Å². The molecule has 3 aromatic carbocycles. The Morgan fingerprint density at radius 3 is 2.66 bits per heavy atom. The molecule has 0 aromatic heterocycles. The number of rotatable bonds is 7. The van der Waals surface area contributed by atoms with Gasteiger partial charge in [-0.25, -0.2) is 4.39 Å². The van der Waals surface area contributed by atoms with Gasteiger partial charge in [0.1, 0.15) is 18.2 Å². The van der Waals surface area contributed by atoms with Gasteiger partial charge in [-0.2, -0.15) is 0 Å². The average Bonchev–Trinajstić information content (AvgIpc) is 2.69. The lowest BCUT2D eigenvalue weighted by Gasteiger charge is -2.12. The number of amides is 1. The minimum atomic E-state index is -0.546. The van der Waals surface area contributed by atoms with E-state index in [4.69, 9.17) is 21.4 Å². The summed E-state index contributed by atoms with van der Waals surface area (Å²) in [4.78, 5) is 12.7. The molecule has 0 atom stereocenters. The average molecular weight is 414 g/mol. The van der Waals surface area contributed by atoms with Gasteiger partial charge in [-0.05, 0) is 66.4 Å². The number of hydrogen-bond acceptors (Lipinski definition) is 3. The molecule has 1 amide bonds. The van der Waals surface area contributed by atoms with E-state index in [1.165, 1.54) is 12.1 Å². The summed E-state index contributed by atoms with van der Waals surface area (Å²) in [5.74, 6) is -0.445. The largest absolute Gasteiger partial charge is 0.489 e. The minimum Gasteiger partial charge on any atom is -0.489 e. The molecule has 6 heteroatoms. The quantitative estimate of drug-likeness (QED) is 0.563. The number of carbonyl (C=O) groups is 1. The van der Waals surface area contributed by atoms with Gasteiger partial charge >= 0.3 is 0 Å². The van der Waals surface area contributed by atoms with Crippen LogP contribution in [0, 0.1) is 12.7 Å². The zero-order valence-electron chi connectivity index (χ0n) is 15.9. The summed E-state index contributed by atoms with van der Waals surface area (Å²) >= 11 is 5.98. The van der Waals surface area contributed by atoms with Crippen LogP contribution in [0.4, 0.5) is 10.1 Å². The predicted molar refractivity (Wildman–Crippen MR) is 112 cm³/mol. The summed E-state index contributed by atoms with van der Waals surface area (Å²) in [7, 11) is 0. The van der Waals surface area contributed by atoms with Gasteiger partial charge in [0.25, 0.3) is 5.91 Å². The van der Waals surface area contributed by atoms with Crippen LogP contribution in [0.2, 0.25) is 5.02 Å². The summed E-state index contributed by atoms with van der Waals surface area (Å²) in [5, 5.41) is 12.2. The number of ether oxygens (including phenoxy) is 1. The number of benzene rings is 3.